The minimum Gasteiger partial charge on any atom is -0.454 e. The molecule has 2 fully saturated rings. The summed E-state index contributed by atoms with van der Waals surface area (Å²) < 4.78 is 12.6. The molecule has 9 nitrogen and oxygen atoms in total. The van der Waals surface area contributed by atoms with Crippen LogP contribution in [0.5, 0.6) is 11.5 Å². The predicted octanol–water partition coefficient (Wildman–Crippen LogP) is 3.36. The van der Waals surface area contributed by atoms with Crippen molar-refractivity contribution in [2.24, 2.45) is 0 Å². The molecule has 1 amide bonds. The van der Waals surface area contributed by atoms with Gasteiger partial charge in [0.15, 0.2) is 11.5 Å². The molecule has 1 aliphatic heterocycles. The van der Waals surface area contributed by atoms with Crippen LogP contribution >= 0.6 is 0 Å². The Hall–Kier alpha value is -3.46. The van der Waals surface area contributed by atoms with Crippen molar-refractivity contribution in [1.82, 2.24) is 25.1 Å². The van der Waals surface area contributed by atoms with E-state index in [1.54, 1.807) is 17.1 Å². The first-order chi connectivity index (χ1) is 16.6. The van der Waals surface area contributed by atoms with Crippen LogP contribution in [-0.4, -0.2) is 49.7 Å². The number of fused-ring (bicyclic) bond motifs is 1. The van der Waals surface area contributed by atoms with Gasteiger partial charge in [0.1, 0.15) is 0 Å². The van der Waals surface area contributed by atoms with Gasteiger partial charge in [-0.1, -0.05) is 19.3 Å². The molecule has 3 heterocycles. The zero-order valence-corrected chi connectivity index (χ0v) is 18.9. The van der Waals surface area contributed by atoms with E-state index in [-0.39, 0.29) is 25.2 Å². The summed E-state index contributed by atoms with van der Waals surface area (Å²) in [6.45, 7) is 0.477. The van der Waals surface area contributed by atoms with E-state index in [9.17, 15) is 9.90 Å². The third-order valence-electron chi connectivity index (χ3n) is 6.88. The quantitative estimate of drug-likeness (QED) is 0.579. The van der Waals surface area contributed by atoms with Gasteiger partial charge < -0.3 is 19.9 Å². The van der Waals surface area contributed by atoms with Crippen LogP contribution in [0.1, 0.15) is 66.9 Å². The molecule has 1 aromatic carbocycles. The van der Waals surface area contributed by atoms with Crippen LogP contribution in [0.15, 0.2) is 36.7 Å². The molecule has 9 heteroatoms. The number of rotatable bonds is 6. The van der Waals surface area contributed by atoms with Crippen molar-refractivity contribution in [3.05, 3.63) is 47.9 Å². The second-order valence-electron chi connectivity index (χ2n) is 9.41. The summed E-state index contributed by atoms with van der Waals surface area (Å²) in [4.78, 5) is 22.3. The number of amides is 1. The van der Waals surface area contributed by atoms with Gasteiger partial charge in [-0.25, -0.2) is 14.6 Å². The SMILES string of the molecule is O=C(NCC1(O)CCCCC1)c1cnn(-c2nccc(-c3ccc4c(c3)OCO4)n2)c1C1CC1. The molecular formula is C25H27N5O4. The molecule has 3 aromatic rings. The van der Waals surface area contributed by atoms with E-state index >= 15 is 0 Å². The van der Waals surface area contributed by atoms with Gasteiger partial charge in [0, 0.05) is 24.2 Å². The van der Waals surface area contributed by atoms with E-state index in [1.807, 2.05) is 24.3 Å². The number of nitrogens with zero attached hydrogens (tertiary/aromatic N) is 4. The summed E-state index contributed by atoms with van der Waals surface area (Å²) in [6, 6.07) is 7.53. The Labute approximate surface area is 197 Å². The number of carbonyl (C=O) groups is 1. The van der Waals surface area contributed by atoms with Crippen LogP contribution < -0.4 is 14.8 Å². The Kier molecular flexibility index (Phi) is 5.21. The molecule has 0 spiro atoms. The van der Waals surface area contributed by atoms with E-state index in [0.29, 0.717) is 17.3 Å². The number of hydrogen-bond donors (Lipinski definition) is 2. The zero-order valence-electron chi connectivity index (χ0n) is 18.9. The molecule has 34 heavy (non-hydrogen) atoms. The maximum Gasteiger partial charge on any atom is 0.254 e. The van der Waals surface area contributed by atoms with E-state index in [0.717, 1.165) is 67.6 Å². The first-order valence-electron chi connectivity index (χ1n) is 11.9. The van der Waals surface area contributed by atoms with Crippen LogP contribution in [0, 0.1) is 0 Å². The lowest BCUT2D eigenvalue weighted by atomic mass is 9.85. The van der Waals surface area contributed by atoms with Gasteiger partial charge in [-0.05, 0) is 49.9 Å². The molecule has 2 saturated carbocycles. The first kappa shape index (κ1) is 21.1. The van der Waals surface area contributed by atoms with Gasteiger partial charge in [0.2, 0.25) is 6.79 Å². The Balaban J connectivity index is 1.27. The van der Waals surface area contributed by atoms with Gasteiger partial charge in [0.25, 0.3) is 11.9 Å². The van der Waals surface area contributed by atoms with Crippen LogP contribution in [0.25, 0.3) is 17.2 Å². The molecule has 0 unspecified atom stereocenters. The van der Waals surface area contributed by atoms with Crippen LogP contribution in [0.3, 0.4) is 0 Å². The van der Waals surface area contributed by atoms with Gasteiger partial charge in [-0.3, -0.25) is 4.79 Å². The fraction of sp³-hybridized carbons (Fsp3) is 0.440. The maximum atomic E-state index is 13.1. The van der Waals surface area contributed by atoms with Crippen molar-refractivity contribution in [2.75, 3.05) is 13.3 Å². The Morgan fingerprint density at radius 3 is 2.79 bits per heavy atom. The third kappa shape index (κ3) is 4.00. The Bertz CT molecular complexity index is 1230. The van der Waals surface area contributed by atoms with Gasteiger partial charge in [0.05, 0.1) is 28.7 Å². The molecule has 176 valence electrons. The van der Waals surface area contributed by atoms with E-state index in [2.05, 4.69) is 15.4 Å². The highest BCUT2D eigenvalue weighted by Crippen LogP contribution is 2.42. The second kappa shape index (κ2) is 8.39. The Morgan fingerprint density at radius 1 is 1.15 bits per heavy atom. The number of hydrogen-bond acceptors (Lipinski definition) is 7. The highest BCUT2D eigenvalue weighted by molar-refractivity contribution is 5.95. The van der Waals surface area contributed by atoms with Crippen LogP contribution in [-0.2, 0) is 0 Å². The Morgan fingerprint density at radius 2 is 1.97 bits per heavy atom. The van der Waals surface area contributed by atoms with Gasteiger partial charge >= 0.3 is 0 Å². The smallest absolute Gasteiger partial charge is 0.254 e. The summed E-state index contributed by atoms with van der Waals surface area (Å²) in [6.07, 6.45) is 9.85. The van der Waals surface area contributed by atoms with Gasteiger partial charge in [-0.15, -0.1) is 0 Å². The number of carbonyl (C=O) groups excluding carboxylic acids is 1. The minimum absolute atomic E-state index is 0.209. The number of aromatic nitrogens is 4. The molecular weight excluding hydrogens is 434 g/mol. The van der Waals surface area contributed by atoms with Gasteiger partial charge in [-0.2, -0.15) is 5.10 Å². The summed E-state index contributed by atoms with van der Waals surface area (Å²) in [7, 11) is 0. The average Bonchev–Trinajstić information content (AvgIpc) is 3.42. The van der Waals surface area contributed by atoms with E-state index in [4.69, 9.17) is 14.5 Å². The van der Waals surface area contributed by atoms with Crippen molar-refractivity contribution in [3.8, 4) is 28.7 Å². The summed E-state index contributed by atoms with van der Waals surface area (Å²) in [5, 5.41) is 18.2. The molecule has 0 saturated heterocycles. The van der Waals surface area contributed by atoms with Crippen molar-refractivity contribution < 1.29 is 19.4 Å². The molecule has 0 radical (unpaired) electrons. The monoisotopic (exact) mass is 461 g/mol. The number of benzene rings is 1. The molecule has 3 aliphatic rings. The first-order valence-corrected chi connectivity index (χ1v) is 11.9. The molecule has 2 N–H and O–H groups in total. The highest BCUT2D eigenvalue weighted by Gasteiger charge is 2.35. The third-order valence-corrected chi connectivity index (χ3v) is 6.88. The normalized spacial score (nSPS) is 18.6. The van der Waals surface area contributed by atoms with Crippen molar-refractivity contribution >= 4 is 5.91 Å². The predicted molar refractivity (Wildman–Crippen MR) is 123 cm³/mol. The van der Waals surface area contributed by atoms with Crippen molar-refractivity contribution in [2.45, 2.75) is 56.5 Å². The number of nitrogens with one attached hydrogen (secondary N) is 1. The second-order valence-corrected chi connectivity index (χ2v) is 9.41. The highest BCUT2D eigenvalue weighted by atomic mass is 16.7. The largest absolute Gasteiger partial charge is 0.454 e. The summed E-state index contributed by atoms with van der Waals surface area (Å²) in [5.41, 5.74) is 2.15. The standard InChI is InChI=1S/C25H27N5O4/c31-23(27-14-25(32)9-2-1-3-10-25)18-13-28-30(22(18)16-4-5-16)24-26-11-8-19(29-24)17-6-7-20-21(12-17)34-15-33-20/h6-8,11-13,16,32H,1-5,9-10,14-15H2,(H,27,31). The lowest BCUT2D eigenvalue weighted by Gasteiger charge is -2.32. The van der Waals surface area contributed by atoms with Crippen molar-refractivity contribution in [1.29, 1.82) is 0 Å². The number of aliphatic hydroxyl groups is 1. The zero-order chi connectivity index (χ0) is 23.1. The molecule has 2 aromatic heterocycles. The average molecular weight is 462 g/mol. The molecule has 0 bridgehead atoms. The van der Waals surface area contributed by atoms with Crippen molar-refractivity contribution in [3.63, 3.8) is 0 Å². The lowest BCUT2D eigenvalue weighted by Crippen LogP contribution is -2.44. The fourth-order valence-corrected chi connectivity index (χ4v) is 4.84. The lowest BCUT2D eigenvalue weighted by molar-refractivity contribution is 0.00524. The van der Waals surface area contributed by atoms with E-state index in [1.165, 1.54) is 0 Å². The maximum absolute atomic E-state index is 13.1. The summed E-state index contributed by atoms with van der Waals surface area (Å²) >= 11 is 0. The molecule has 2 aliphatic carbocycles. The van der Waals surface area contributed by atoms with E-state index < -0.39 is 5.60 Å². The topological polar surface area (TPSA) is 111 Å². The fourth-order valence-electron chi connectivity index (χ4n) is 4.84. The molecule has 0 atom stereocenters. The summed E-state index contributed by atoms with van der Waals surface area (Å²) in [5.74, 6) is 1.86. The van der Waals surface area contributed by atoms with Crippen LogP contribution in [0.4, 0.5) is 0 Å². The van der Waals surface area contributed by atoms with Crippen LogP contribution in [0.2, 0.25) is 0 Å². The number of ether oxygens (including phenoxy) is 2. The minimum atomic E-state index is -0.814. The molecule has 6 rings (SSSR count).